The monoisotopic (exact) mass is 366 g/mol. The summed E-state index contributed by atoms with van der Waals surface area (Å²) in [4.78, 5) is 1.54. The molecule has 0 aliphatic carbocycles. The van der Waals surface area contributed by atoms with Crippen molar-refractivity contribution in [3.8, 4) is 0 Å². The minimum absolute atomic E-state index is 0.307. The van der Waals surface area contributed by atoms with Crippen LogP contribution in [-0.2, 0) is 9.84 Å². The van der Waals surface area contributed by atoms with Crippen molar-refractivity contribution in [2.24, 2.45) is 0 Å². The minimum atomic E-state index is -3.46. The zero-order valence-electron chi connectivity index (χ0n) is 11.3. The van der Waals surface area contributed by atoms with E-state index in [1.807, 2.05) is 24.3 Å². The first kappa shape index (κ1) is 15.6. The highest BCUT2D eigenvalue weighted by atomic mass is 35.5. The number of hydrogen-bond donors (Lipinski definition) is 0. The van der Waals surface area contributed by atoms with Gasteiger partial charge in [0.05, 0.1) is 19.0 Å². The topological polar surface area (TPSA) is 34.1 Å². The molecule has 2 aromatic carbocycles. The number of rotatable bonds is 4. The predicted octanol–water partition coefficient (Wildman–Crippen LogP) is 5.39. The van der Waals surface area contributed by atoms with Crippen LogP contribution in [0.2, 0.25) is 5.02 Å². The van der Waals surface area contributed by atoms with Crippen LogP contribution in [0.1, 0.15) is 0 Å². The third kappa shape index (κ3) is 3.22. The van der Waals surface area contributed by atoms with E-state index in [4.69, 9.17) is 11.6 Å². The van der Waals surface area contributed by atoms with Gasteiger partial charge < -0.3 is 0 Å². The molecule has 3 aromatic rings. The Kier molecular flexibility index (Phi) is 4.59. The van der Waals surface area contributed by atoms with Crippen molar-refractivity contribution in [2.45, 2.75) is 18.9 Å². The van der Waals surface area contributed by atoms with Crippen LogP contribution >= 0.6 is 34.7 Å². The first-order valence-electron chi connectivity index (χ1n) is 6.38. The zero-order valence-corrected chi connectivity index (χ0v) is 14.5. The van der Waals surface area contributed by atoms with Gasteiger partial charge in [0.2, 0.25) is 9.84 Å². The Morgan fingerprint density at radius 1 is 0.909 bits per heavy atom. The second kappa shape index (κ2) is 6.46. The lowest BCUT2D eigenvalue weighted by molar-refractivity contribution is 0.596. The predicted molar refractivity (Wildman–Crippen MR) is 91.8 cm³/mol. The third-order valence-corrected chi connectivity index (χ3v) is 7.46. The average Bonchev–Trinajstić information content (AvgIpc) is 3.00. The van der Waals surface area contributed by atoms with Crippen LogP contribution in [0.3, 0.4) is 0 Å². The van der Waals surface area contributed by atoms with E-state index in [9.17, 15) is 8.42 Å². The first-order chi connectivity index (χ1) is 10.6. The summed E-state index contributed by atoms with van der Waals surface area (Å²) in [6, 6.07) is 17.7. The molecule has 0 N–H and O–H groups in total. The Labute approximate surface area is 142 Å². The number of hydrogen-bond acceptors (Lipinski definition) is 4. The van der Waals surface area contributed by atoms with Gasteiger partial charge in [-0.15, -0.1) is 11.3 Å². The highest BCUT2D eigenvalue weighted by Gasteiger charge is 2.19. The van der Waals surface area contributed by atoms with E-state index < -0.39 is 9.84 Å². The molecule has 0 saturated carbocycles. The molecule has 0 unspecified atom stereocenters. The molecule has 22 heavy (non-hydrogen) atoms. The van der Waals surface area contributed by atoms with Crippen molar-refractivity contribution in [1.82, 2.24) is 0 Å². The fourth-order valence-corrected chi connectivity index (χ4v) is 5.79. The Bertz CT molecular complexity index is 887. The fraction of sp³-hybridized carbons (Fsp3) is 0. The molecule has 0 fully saturated rings. The van der Waals surface area contributed by atoms with Gasteiger partial charge in [0.15, 0.2) is 0 Å². The van der Waals surface area contributed by atoms with E-state index in [0.29, 0.717) is 14.8 Å². The summed E-state index contributed by atoms with van der Waals surface area (Å²) in [6.07, 6.45) is 0. The van der Waals surface area contributed by atoms with E-state index in [1.54, 1.807) is 41.8 Å². The summed E-state index contributed by atoms with van der Waals surface area (Å²) in [5.74, 6) is 0. The maximum atomic E-state index is 12.5. The standard InChI is InChI=1S/C16H11ClO2S3/c17-14-8-4-5-9-15(14)21-16-10-13(11-20-16)22(18,19)12-6-2-1-3-7-12/h1-11H. The van der Waals surface area contributed by atoms with Crippen molar-refractivity contribution in [1.29, 1.82) is 0 Å². The van der Waals surface area contributed by atoms with Crippen molar-refractivity contribution < 1.29 is 8.42 Å². The van der Waals surface area contributed by atoms with E-state index in [0.717, 1.165) is 9.10 Å². The molecule has 0 aliphatic heterocycles. The van der Waals surface area contributed by atoms with Gasteiger partial charge in [-0.1, -0.05) is 53.7 Å². The molecule has 2 nitrogen and oxygen atoms in total. The van der Waals surface area contributed by atoms with Gasteiger partial charge >= 0.3 is 0 Å². The highest BCUT2D eigenvalue weighted by Crippen LogP contribution is 2.38. The van der Waals surface area contributed by atoms with E-state index in [2.05, 4.69) is 0 Å². The molecule has 0 saturated heterocycles. The number of halogens is 1. The van der Waals surface area contributed by atoms with Gasteiger partial charge in [0, 0.05) is 10.3 Å². The highest BCUT2D eigenvalue weighted by molar-refractivity contribution is 8.01. The van der Waals surface area contributed by atoms with Crippen LogP contribution < -0.4 is 0 Å². The van der Waals surface area contributed by atoms with Gasteiger partial charge in [-0.3, -0.25) is 0 Å². The molecule has 0 radical (unpaired) electrons. The summed E-state index contributed by atoms with van der Waals surface area (Å²) >= 11 is 9.00. The molecule has 0 spiro atoms. The normalized spacial score (nSPS) is 11.5. The number of thiophene rings is 1. The summed E-state index contributed by atoms with van der Waals surface area (Å²) in [7, 11) is -3.46. The van der Waals surface area contributed by atoms with Crippen LogP contribution in [0.5, 0.6) is 0 Å². The molecule has 112 valence electrons. The van der Waals surface area contributed by atoms with Crippen LogP contribution in [-0.4, -0.2) is 8.42 Å². The molecule has 1 aromatic heterocycles. The minimum Gasteiger partial charge on any atom is -0.218 e. The molecular weight excluding hydrogens is 356 g/mol. The van der Waals surface area contributed by atoms with E-state index in [1.165, 1.54) is 23.1 Å². The maximum Gasteiger partial charge on any atom is 0.207 e. The fourth-order valence-electron chi connectivity index (χ4n) is 1.87. The van der Waals surface area contributed by atoms with Crippen LogP contribution in [0.15, 0.2) is 84.9 Å². The number of benzene rings is 2. The van der Waals surface area contributed by atoms with Gasteiger partial charge in [0.1, 0.15) is 0 Å². The summed E-state index contributed by atoms with van der Waals surface area (Å²) in [5.41, 5.74) is 0. The Balaban J connectivity index is 1.90. The molecule has 0 atom stereocenters. The first-order valence-corrected chi connectivity index (χ1v) is 9.94. The molecule has 0 aliphatic rings. The van der Waals surface area contributed by atoms with E-state index in [-0.39, 0.29) is 0 Å². The van der Waals surface area contributed by atoms with Crippen molar-refractivity contribution in [3.63, 3.8) is 0 Å². The van der Waals surface area contributed by atoms with Crippen LogP contribution in [0.25, 0.3) is 0 Å². The molecule has 1 heterocycles. The molecular formula is C16H11ClO2S3. The quantitative estimate of drug-likeness (QED) is 0.621. The smallest absolute Gasteiger partial charge is 0.207 e. The third-order valence-electron chi connectivity index (χ3n) is 2.96. The largest absolute Gasteiger partial charge is 0.218 e. The van der Waals surface area contributed by atoms with Crippen LogP contribution in [0.4, 0.5) is 0 Å². The van der Waals surface area contributed by atoms with Gasteiger partial charge in [-0.2, -0.15) is 0 Å². The SMILES string of the molecule is O=S(=O)(c1ccccc1)c1csc(Sc2ccccc2Cl)c1. The van der Waals surface area contributed by atoms with Crippen molar-refractivity contribution in [2.75, 3.05) is 0 Å². The maximum absolute atomic E-state index is 12.5. The van der Waals surface area contributed by atoms with Crippen LogP contribution in [0, 0.1) is 0 Å². The molecule has 0 bridgehead atoms. The Morgan fingerprint density at radius 2 is 1.59 bits per heavy atom. The summed E-state index contributed by atoms with van der Waals surface area (Å²) in [6.45, 7) is 0. The lowest BCUT2D eigenvalue weighted by atomic mass is 10.4. The molecule has 6 heteroatoms. The lowest BCUT2D eigenvalue weighted by Gasteiger charge is -2.02. The molecule has 3 rings (SSSR count). The number of sulfone groups is 1. The second-order valence-corrected chi connectivity index (χ2v) is 9.06. The summed E-state index contributed by atoms with van der Waals surface area (Å²) in [5, 5.41) is 2.33. The Morgan fingerprint density at radius 3 is 2.32 bits per heavy atom. The average molecular weight is 367 g/mol. The van der Waals surface area contributed by atoms with Crippen molar-refractivity contribution >= 4 is 44.5 Å². The van der Waals surface area contributed by atoms with Gasteiger partial charge in [0.25, 0.3) is 0 Å². The zero-order chi connectivity index (χ0) is 15.6. The van der Waals surface area contributed by atoms with Gasteiger partial charge in [-0.25, -0.2) is 8.42 Å². The summed E-state index contributed by atoms with van der Waals surface area (Å²) < 4.78 is 26.0. The van der Waals surface area contributed by atoms with Gasteiger partial charge in [-0.05, 0) is 30.3 Å². The molecule has 0 amide bonds. The second-order valence-electron chi connectivity index (χ2n) is 4.45. The van der Waals surface area contributed by atoms with Crippen molar-refractivity contribution in [3.05, 3.63) is 71.1 Å². The van der Waals surface area contributed by atoms with E-state index >= 15 is 0 Å². The Hall–Kier alpha value is -1.27. The lowest BCUT2D eigenvalue weighted by Crippen LogP contribution is -1.99.